The molecule has 8 aromatic carbocycles. The summed E-state index contributed by atoms with van der Waals surface area (Å²) in [6.45, 7) is 0. The van der Waals surface area contributed by atoms with Crippen LogP contribution in [0.1, 0.15) is 29.0 Å². The Labute approximate surface area is 319 Å². The average Bonchev–Trinajstić information content (AvgIpc) is 3.92. The number of rotatable bonds is 7. The van der Waals surface area contributed by atoms with Crippen LogP contribution in [0.3, 0.4) is 0 Å². The Morgan fingerprint density at radius 3 is 2.07 bits per heavy atom. The molecular weight excluding hydrogens is 671 g/mol. The minimum Gasteiger partial charge on any atom is -0.310 e. The summed E-state index contributed by atoms with van der Waals surface area (Å²) in [6, 6.07) is 65.3. The van der Waals surface area contributed by atoms with Gasteiger partial charge in [-0.3, -0.25) is 0 Å². The van der Waals surface area contributed by atoms with Crippen molar-refractivity contribution in [1.29, 1.82) is 0 Å². The van der Waals surface area contributed by atoms with Gasteiger partial charge in [0.1, 0.15) is 0 Å². The van der Waals surface area contributed by atoms with Gasteiger partial charge in [0.05, 0.1) is 5.69 Å². The van der Waals surface area contributed by atoms with Crippen molar-refractivity contribution in [3.8, 4) is 11.1 Å². The van der Waals surface area contributed by atoms with Crippen molar-refractivity contribution in [2.45, 2.75) is 12.3 Å². The fraction of sp³-hybridized carbons (Fsp3) is 0.0769. The first-order valence-electron chi connectivity index (χ1n) is 19.0. The van der Waals surface area contributed by atoms with Gasteiger partial charge in [0, 0.05) is 42.9 Å². The first-order chi connectivity index (χ1) is 26.8. The summed E-state index contributed by atoms with van der Waals surface area (Å²) in [7, 11) is 0. The molecular formula is C52H37NS. The first-order valence-corrected chi connectivity index (χ1v) is 19.8. The highest BCUT2D eigenvalue weighted by Gasteiger charge is 2.36. The maximum absolute atomic E-state index is 2.53. The highest BCUT2D eigenvalue weighted by Crippen LogP contribution is 2.49. The first kappa shape index (κ1) is 31.3. The summed E-state index contributed by atoms with van der Waals surface area (Å²) in [5.74, 6) is 1.32. The molecule has 11 rings (SSSR count). The molecule has 0 radical (unpaired) electrons. The predicted octanol–water partition coefficient (Wildman–Crippen LogP) is 14.4. The molecule has 0 N–H and O–H groups in total. The van der Waals surface area contributed by atoms with E-state index in [-0.39, 0.29) is 5.92 Å². The third-order valence-corrected chi connectivity index (χ3v) is 12.7. The smallest absolute Gasteiger partial charge is 0.0549 e. The fourth-order valence-electron chi connectivity index (χ4n) is 8.89. The zero-order valence-electron chi connectivity index (χ0n) is 29.8. The van der Waals surface area contributed by atoms with Crippen molar-refractivity contribution >= 4 is 64.4 Å². The van der Waals surface area contributed by atoms with E-state index in [1.807, 2.05) is 11.3 Å². The predicted molar refractivity (Wildman–Crippen MR) is 231 cm³/mol. The molecule has 2 heteroatoms. The molecule has 2 aliphatic carbocycles. The molecule has 0 amide bonds. The molecule has 1 nitrogen and oxygen atoms in total. The van der Waals surface area contributed by atoms with E-state index in [1.165, 1.54) is 93.0 Å². The van der Waals surface area contributed by atoms with Crippen molar-refractivity contribution in [2.24, 2.45) is 11.8 Å². The van der Waals surface area contributed by atoms with Crippen LogP contribution in [0.5, 0.6) is 0 Å². The van der Waals surface area contributed by atoms with Crippen LogP contribution < -0.4 is 4.90 Å². The highest BCUT2D eigenvalue weighted by molar-refractivity contribution is 7.25. The van der Waals surface area contributed by atoms with E-state index in [9.17, 15) is 0 Å². The Bertz CT molecular complexity index is 2920. The minimum absolute atomic E-state index is 0.0385. The number of hydrogen-bond donors (Lipinski definition) is 0. The largest absolute Gasteiger partial charge is 0.310 e. The van der Waals surface area contributed by atoms with Crippen molar-refractivity contribution in [3.63, 3.8) is 0 Å². The van der Waals surface area contributed by atoms with E-state index in [0.717, 1.165) is 0 Å². The van der Waals surface area contributed by atoms with E-state index >= 15 is 0 Å². The lowest BCUT2D eigenvalue weighted by Gasteiger charge is -2.31. The van der Waals surface area contributed by atoms with E-state index in [2.05, 4.69) is 199 Å². The van der Waals surface area contributed by atoms with Gasteiger partial charge in [-0.1, -0.05) is 158 Å². The van der Waals surface area contributed by atoms with Crippen LogP contribution in [-0.4, -0.2) is 0 Å². The normalized spacial score (nSPS) is 16.8. The van der Waals surface area contributed by atoms with E-state index in [4.69, 9.17) is 0 Å². The number of anilines is 2. The summed E-state index contributed by atoms with van der Waals surface area (Å²) in [6.07, 6.45) is 8.55. The van der Waals surface area contributed by atoms with Gasteiger partial charge in [-0.15, -0.1) is 11.3 Å². The molecule has 1 aromatic heterocycles. The van der Waals surface area contributed by atoms with Gasteiger partial charge in [-0.05, 0) is 98.6 Å². The molecule has 0 aliphatic heterocycles. The molecule has 54 heavy (non-hydrogen) atoms. The third kappa shape index (κ3) is 5.29. The Morgan fingerprint density at radius 2 is 1.24 bits per heavy atom. The lowest BCUT2D eigenvalue weighted by Crippen LogP contribution is -2.18. The lowest BCUT2D eigenvalue weighted by atomic mass is 9.83. The highest BCUT2D eigenvalue weighted by atomic mass is 32.1. The number of allylic oxidation sites excluding steroid dienone is 3. The van der Waals surface area contributed by atoms with Crippen LogP contribution in [0, 0.1) is 11.8 Å². The second-order valence-corrected chi connectivity index (χ2v) is 15.9. The number of benzene rings is 8. The topological polar surface area (TPSA) is 3.24 Å². The molecule has 2 aliphatic rings. The van der Waals surface area contributed by atoms with Crippen LogP contribution in [0.25, 0.3) is 52.8 Å². The van der Waals surface area contributed by atoms with Crippen LogP contribution in [0.4, 0.5) is 11.4 Å². The molecule has 0 spiro atoms. The van der Waals surface area contributed by atoms with E-state index in [0.29, 0.717) is 11.8 Å². The fourth-order valence-corrected chi connectivity index (χ4v) is 10.0. The Balaban J connectivity index is 1.21. The number of fused-ring (bicyclic) bond motifs is 7. The lowest BCUT2D eigenvalue weighted by molar-refractivity contribution is 0.949. The van der Waals surface area contributed by atoms with Gasteiger partial charge in [-0.2, -0.15) is 0 Å². The van der Waals surface area contributed by atoms with Crippen molar-refractivity contribution in [1.82, 2.24) is 0 Å². The average molecular weight is 708 g/mol. The summed E-state index contributed by atoms with van der Waals surface area (Å²) in [5.41, 5.74) is 10.0. The molecule has 256 valence electrons. The van der Waals surface area contributed by atoms with Crippen molar-refractivity contribution in [2.75, 3.05) is 4.90 Å². The van der Waals surface area contributed by atoms with Crippen LogP contribution >= 0.6 is 11.3 Å². The molecule has 1 heterocycles. The molecule has 3 atom stereocenters. The second kappa shape index (κ2) is 12.7. The number of hydrogen-bond acceptors (Lipinski definition) is 2. The van der Waals surface area contributed by atoms with E-state index < -0.39 is 0 Å². The quantitative estimate of drug-likeness (QED) is 0.118. The summed E-state index contributed by atoms with van der Waals surface area (Å²) < 4.78 is 2.67. The summed E-state index contributed by atoms with van der Waals surface area (Å²) >= 11 is 1.89. The number of para-hydroxylation sites is 1. The Kier molecular flexibility index (Phi) is 7.38. The van der Waals surface area contributed by atoms with Crippen molar-refractivity contribution in [3.05, 3.63) is 217 Å². The summed E-state index contributed by atoms with van der Waals surface area (Å²) in [4.78, 5) is 2.53. The standard InChI is InChI=1S/C52H37NS/c1-4-13-34(14-5-1)43-20-12-21-47-44(43)27-24-37-30-40(32-48(52(37)47)53(41-17-8-3-9-18-41)42-26-23-36-29-39(36)31-42)51(35-15-6-2-7-16-35)38-25-28-46-45-19-10-11-22-49(45)54-50(46)33-38/h1-28,30-33,36,39,51H,29H2. The van der Waals surface area contributed by atoms with Gasteiger partial charge in [0.15, 0.2) is 0 Å². The maximum Gasteiger partial charge on any atom is 0.0549 e. The monoisotopic (exact) mass is 707 g/mol. The van der Waals surface area contributed by atoms with Gasteiger partial charge in [0.25, 0.3) is 0 Å². The Hall–Kier alpha value is -6.22. The van der Waals surface area contributed by atoms with Crippen molar-refractivity contribution < 1.29 is 0 Å². The van der Waals surface area contributed by atoms with Gasteiger partial charge in [-0.25, -0.2) is 0 Å². The molecule has 3 unspecified atom stereocenters. The summed E-state index contributed by atoms with van der Waals surface area (Å²) in [5, 5.41) is 7.72. The zero-order valence-corrected chi connectivity index (χ0v) is 30.6. The molecule has 0 bridgehead atoms. The van der Waals surface area contributed by atoms with Gasteiger partial charge in [0.2, 0.25) is 0 Å². The molecule has 0 saturated heterocycles. The molecule has 1 saturated carbocycles. The maximum atomic E-state index is 2.53. The third-order valence-electron chi connectivity index (χ3n) is 11.6. The minimum atomic E-state index is 0.0385. The van der Waals surface area contributed by atoms with Gasteiger partial charge < -0.3 is 4.90 Å². The van der Waals surface area contributed by atoms with Crippen LogP contribution in [0.2, 0.25) is 0 Å². The second-order valence-electron chi connectivity index (χ2n) is 14.9. The number of nitrogens with zero attached hydrogens (tertiary/aromatic N) is 1. The molecule has 9 aromatic rings. The molecule has 1 fully saturated rings. The van der Waals surface area contributed by atoms with Crippen LogP contribution in [-0.2, 0) is 0 Å². The van der Waals surface area contributed by atoms with Gasteiger partial charge >= 0.3 is 0 Å². The Morgan fingerprint density at radius 1 is 0.519 bits per heavy atom. The SMILES string of the molecule is C1=CC2CC2C=C1N(c1ccccc1)c1cc(C(c2ccccc2)c2ccc3c(c2)sc2ccccc23)cc2ccc3c(-c4ccccc4)cccc3c12. The van der Waals surface area contributed by atoms with Crippen LogP contribution in [0.15, 0.2) is 200 Å². The van der Waals surface area contributed by atoms with E-state index in [1.54, 1.807) is 0 Å². The zero-order chi connectivity index (χ0) is 35.6. The number of thiophene rings is 1.